The maximum atomic E-state index is 12.3. The molecule has 1 saturated carbocycles. The van der Waals surface area contributed by atoms with Crippen LogP contribution >= 0.6 is 0 Å². The second kappa shape index (κ2) is 5.26. The molecular formula is C14H20N2O4. The van der Waals surface area contributed by atoms with Gasteiger partial charge in [-0.1, -0.05) is 19.8 Å². The Kier molecular flexibility index (Phi) is 3.83. The summed E-state index contributed by atoms with van der Waals surface area (Å²) in [5, 5.41) is 12.2. The zero-order valence-corrected chi connectivity index (χ0v) is 12.0. The molecule has 1 aromatic heterocycles. The summed E-state index contributed by atoms with van der Waals surface area (Å²) in [4.78, 5) is 28.0. The van der Waals surface area contributed by atoms with E-state index in [-0.39, 0.29) is 11.7 Å². The van der Waals surface area contributed by atoms with Crippen LogP contribution in [0.3, 0.4) is 0 Å². The Bertz CT molecular complexity index is 537. The van der Waals surface area contributed by atoms with Crippen molar-refractivity contribution in [3.63, 3.8) is 0 Å². The molecule has 2 rings (SSSR count). The van der Waals surface area contributed by atoms with Crippen LogP contribution in [-0.4, -0.2) is 27.5 Å². The molecule has 0 bridgehead atoms. The smallest absolute Gasteiger partial charge is 0.329 e. The van der Waals surface area contributed by atoms with Crippen LogP contribution < -0.4 is 5.32 Å². The molecule has 20 heavy (non-hydrogen) atoms. The molecule has 2 unspecified atom stereocenters. The number of aliphatic carboxylic acids is 1. The van der Waals surface area contributed by atoms with E-state index in [1.165, 1.54) is 0 Å². The molecule has 0 aliphatic heterocycles. The first-order chi connectivity index (χ1) is 9.36. The van der Waals surface area contributed by atoms with Gasteiger partial charge in [-0.25, -0.2) is 9.78 Å². The number of carboxylic acid groups (broad SMARTS) is 1. The van der Waals surface area contributed by atoms with E-state index in [1.807, 2.05) is 6.92 Å². The van der Waals surface area contributed by atoms with Crippen molar-refractivity contribution in [2.45, 2.75) is 52.0 Å². The van der Waals surface area contributed by atoms with E-state index in [4.69, 9.17) is 4.42 Å². The summed E-state index contributed by atoms with van der Waals surface area (Å²) in [5.74, 6) is -1.09. The minimum Gasteiger partial charge on any atom is -0.479 e. The Labute approximate surface area is 117 Å². The summed E-state index contributed by atoms with van der Waals surface area (Å²) in [7, 11) is 0. The number of amides is 1. The van der Waals surface area contributed by atoms with Crippen LogP contribution in [0, 0.1) is 19.8 Å². The third kappa shape index (κ3) is 2.42. The van der Waals surface area contributed by atoms with Gasteiger partial charge in [-0.3, -0.25) is 4.79 Å². The fourth-order valence-electron chi connectivity index (χ4n) is 2.91. The Morgan fingerprint density at radius 3 is 2.60 bits per heavy atom. The van der Waals surface area contributed by atoms with Crippen LogP contribution in [0.1, 0.15) is 54.7 Å². The second-order valence-corrected chi connectivity index (χ2v) is 5.52. The van der Waals surface area contributed by atoms with Crippen LogP contribution in [0.25, 0.3) is 0 Å². The van der Waals surface area contributed by atoms with Gasteiger partial charge in [-0.2, -0.15) is 0 Å². The van der Waals surface area contributed by atoms with E-state index in [0.717, 1.165) is 19.3 Å². The minimum absolute atomic E-state index is 0.0981. The van der Waals surface area contributed by atoms with Gasteiger partial charge in [0.05, 0.1) is 5.69 Å². The van der Waals surface area contributed by atoms with Crippen LogP contribution in [0.5, 0.6) is 0 Å². The van der Waals surface area contributed by atoms with Crippen molar-refractivity contribution in [3.8, 4) is 0 Å². The molecular weight excluding hydrogens is 260 g/mol. The molecule has 110 valence electrons. The fraction of sp³-hybridized carbons (Fsp3) is 0.643. The van der Waals surface area contributed by atoms with Crippen LogP contribution in [-0.2, 0) is 4.79 Å². The number of hydrogen-bond acceptors (Lipinski definition) is 4. The fourth-order valence-corrected chi connectivity index (χ4v) is 2.91. The minimum atomic E-state index is -1.21. The number of carboxylic acids is 1. The normalized spacial score (nSPS) is 26.2. The number of carbonyl (C=O) groups is 2. The summed E-state index contributed by atoms with van der Waals surface area (Å²) in [6.07, 6.45) is 3.03. The summed E-state index contributed by atoms with van der Waals surface area (Å²) < 4.78 is 5.26. The van der Waals surface area contributed by atoms with Gasteiger partial charge in [0.15, 0.2) is 5.89 Å². The van der Waals surface area contributed by atoms with E-state index in [0.29, 0.717) is 18.0 Å². The Hall–Kier alpha value is -1.85. The van der Waals surface area contributed by atoms with Gasteiger partial charge < -0.3 is 14.8 Å². The molecule has 2 N–H and O–H groups in total. The van der Waals surface area contributed by atoms with Crippen molar-refractivity contribution in [2.24, 2.45) is 5.92 Å². The van der Waals surface area contributed by atoms with Crippen molar-refractivity contribution >= 4 is 11.9 Å². The van der Waals surface area contributed by atoms with Crippen molar-refractivity contribution < 1.29 is 19.1 Å². The number of aryl methyl sites for hydroxylation is 2. The third-order valence-corrected chi connectivity index (χ3v) is 4.13. The SMILES string of the molecule is Cc1nc(C)c(C(=O)NC2(C(=O)O)CCCCC2C)o1. The standard InChI is InChI=1S/C14H20N2O4/c1-8-6-4-5-7-14(8,13(18)19)16-12(17)11-9(2)15-10(3)20-11/h8H,4-7H2,1-3H3,(H,16,17)(H,18,19). The lowest BCUT2D eigenvalue weighted by Gasteiger charge is -2.39. The lowest BCUT2D eigenvalue weighted by Crippen LogP contribution is -2.60. The zero-order chi connectivity index (χ0) is 14.9. The van der Waals surface area contributed by atoms with Crippen molar-refractivity contribution in [2.75, 3.05) is 0 Å². The quantitative estimate of drug-likeness (QED) is 0.884. The zero-order valence-electron chi connectivity index (χ0n) is 12.0. The topological polar surface area (TPSA) is 92.4 Å². The van der Waals surface area contributed by atoms with E-state index in [2.05, 4.69) is 10.3 Å². The number of carbonyl (C=O) groups excluding carboxylic acids is 1. The summed E-state index contributed by atoms with van der Waals surface area (Å²) in [5.41, 5.74) is -0.730. The predicted octanol–water partition coefficient (Wildman–Crippen LogP) is 2.05. The van der Waals surface area contributed by atoms with Gasteiger partial charge >= 0.3 is 5.97 Å². The highest BCUT2D eigenvalue weighted by atomic mass is 16.4. The number of rotatable bonds is 3. The van der Waals surface area contributed by atoms with E-state index >= 15 is 0 Å². The summed E-state index contributed by atoms with van der Waals surface area (Å²) in [6, 6.07) is 0. The van der Waals surface area contributed by atoms with E-state index in [9.17, 15) is 14.7 Å². The van der Waals surface area contributed by atoms with Gasteiger partial charge in [0.25, 0.3) is 5.91 Å². The Balaban J connectivity index is 2.27. The first kappa shape index (κ1) is 14.6. The number of aromatic nitrogens is 1. The van der Waals surface area contributed by atoms with Gasteiger partial charge in [-0.15, -0.1) is 0 Å². The van der Waals surface area contributed by atoms with Crippen molar-refractivity contribution in [1.82, 2.24) is 10.3 Å². The monoisotopic (exact) mass is 280 g/mol. The number of oxazole rings is 1. The molecule has 0 aromatic carbocycles. The average Bonchev–Trinajstić information content (AvgIpc) is 2.71. The first-order valence-corrected chi connectivity index (χ1v) is 6.87. The van der Waals surface area contributed by atoms with Gasteiger partial charge in [-0.05, 0) is 25.7 Å². The van der Waals surface area contributed by atoms with E-state index < -0.39 is 17.4 Å². The maximum absolute atomic E-state index is 12.3. The molecule has 1 fully saturated rings. The van der Waals surface area contributed by atoms with Crippen molar-refractivity contribution in [3.05, 3.63) is 17.3 Å². The third-order valence-electron chi connectivity index (χ3n) is 4.13. The number of nitrogens with zero attached hydrogens (tertiary/aromatic N) is 1. The molecule has 1 heterocycles. The van der Waals surface area contributed by atoms with Gasteiger partial charge in [0.1, 0.15) is 5.54 Å². The average molecular weight is 280 g/mol. The molecule has 2 atom stereocenters. The number of hydrogen-bond donors (Lipinski definition) is 2. The van der Waals surface area contributed by atoms with Crippen LogP contribution in [0.2, 0.25) is 0 Å². The largest absolute Gasteiger partial charge is 0.479 e. The molecule has 1 aromatic rings. The van der Waals surface area contributed by atoms with Crippen LogP contribution in [0.15, 0.2) is 4.42 Å². The second-order valence-electron chi connectivity index (χ2n) is 5.52. The molecule has 1 aliphatic rings. The van der Waals surface area contributed by atoms with Gasteiger partial charge in [0, 0.05) is 6.92 Å². The molecule has 1 aliphatic carbocycles. The molecule has 1 amide bonds. The van der Waals surface area contributed by atoms with Crippen molar-refractivity contribution in [1.29, 1.82) is 0 Å². The highest BCUT2D eigenvalue weighted by molar-refractivity contribution is 5.96. The molecule has 6 nitrogen and oxygen atoms in total. The Morgan fingerprint density at radius 2 is 2.10 bits per heavy atom. The lowest BCUT2D eigenvalue weighted by molar-refractivity contribution is -0.148. The summed E-state index contributed by atoms with van der Waals surface area (Å²) >= 11 is 0. The maximum Gasteiger partial charge on any atom is 0.329 e. The lowest BCUT2D eigenvalue weighted by atomic mass is 9.73. The molecule has 0 saturated heterocycles. The highest BCUT2D eigenvalue weighted by Gasteiger charge is 2.47. The Morgan fingerprint density at radius 1 is 1.40 bits per heavy atom. The van der Waals surface area contributed by atoms with E-state index in [1.54, 1.807) is 13.8 Å². The summed E-state index contributed by atoms with van der Waals surface area (Å²) in [6.45, 7) is 5.19. The highest BCUT2D eigenvalue weighted by Crippen LogP contribution is 2.34. The van der Waals surface area contributed by atoms with Gasteiger partial charge in [0.2, 0.25) is 5.76 Å². The van der Waals surface area contributed by atoms with Crippen LogP contribution in [0.4, 0.5) is 0 Å². The number of nitrogens with one attached hydrogen (secondary N) is 1. The molecule has 0 spiro atoms. The first-order valence-electron chi connectivity index (χ1n) is 6.87. The predicted molar refractivity (Wildman–Crippen MR) is 71.4 cm³/mol. The molecule has 6 heteroatoms. The molecule has 0 radical (unpaired) electrons.